The fraction of sp³-hybridized carbons (Fsp3) is 0.440. The Balaban J connectivity index is 0.000000628. The van der Waals surface area contributed by atoms with Crippen molar-refractivity contribution in [1.29, 1.82) is 5.26 Å². The number of carbonyl (C=O) groups excluding carboxylic acids is 1. The maximum Gasteiger partial charge on any atom is 0.214 e. The molecule has 1 amide bonds. The lowest BCUT2D eigenvalue weighted by molar-refractivity contribution is -0.115. The van der Waals surface area contributed by atoms with Gasteiger partial charge in [-0.1, -0.05) is 12.1 Å². The molecule has 6 heteroatoms. The highest BCUT2D eigenvalue weighted by atomic mass is 16.5. The number of nitrogens with two attached hydrogens (primary N) is 1. The van der Waals surface area contributed by atoms with Gasteiger partial charge in [-0.15, -0.1) is 0 Å². The summed E-state index contributed by atoms with van der Waals surface area (Å²) in [6.45, 7) is 4.54. The van der Waals surface area contributed by atoms with Crippen LogP contribution in [-0.2, 0) is 17.6 Å². The van der Waals surface area contributed by atoms with Crippen molar-refractivity contribution >= 4 is 5.91 Å². The summed E-state index contributed by atoms with van der Waals surface area (Å²) in [5.74, 6) is 1.61. The summed E-state index contributed by atoms with van der Waals surface area (Å²) < 4.78 is 11.8. The number of likely N-dealkylation sites (tertiary alicyclic amines) is 1. The number of hydrogen-bond acceptors (Lipinski definition) is 5. The average Bonchev–Trinajstić information content (AvgIpc) is 2.78. The largest absolute Gasteiger partial charge is 0.497 e. The van der Waals surface area contributed by atoms with Gasteiger partial charge in [-0.25, -0.2) is 0 Å². The van der Waals surface area contributed by atoms with Crippen molar-refractivity contribution < 1.29 is 14.3 Å². The molecule has 2 aromatic carbocycles. The minimum Gasteiger partial charge on any atom is -0.497 e. The van der Waals surface area contributed by atoms with Gasteiger partial charge in [0.15, 0.2) is 0 Å². The van der Waals surface area contributed by atoms with E-state index in [1.165, 1.54) is 18.1 Å². The molecule has 6 nitrogen and oxygen atoms in total. The van der Waals surface area contributed by atoms with Crippen LogP contribution < -0.4 is 15.2 Å². The Morgan fingerprint density at radius 3 is 2.48 bits per heavy atom. The third-order valence-corrected chi connectivity index (χ3v) is 6.01. The summed E-state index contributed by atoms with van der Waals surface area (Å²) in [5.41, 5.74) is 7.77. The lowest BCUT2D eigenvalue weighted by atomic mass is 9.83. The quantitative estimate of drug-likeness (QED) is 0.817. The van der Waals surface area contributed by atoms with E-state index in [0.29, 0.717) is 0 Å². The number of benzene rings is 2. The number of rotatable bonds is 4. The molecule has 31 heavy (non-hydrogen) atoms. The van der Waals surface area contributed by atoms with E-state index in [2.05, 4.69) is 41.0 Å². The van der Waals surface area contributed by atoms with Crippen molar-refractivity contribution in [3.05, 3.63) is 59.2 Å². The number of primary amides is 1. The van der Waals surface area contributed by atoms with Crippen LogP contribution in [0.4, 0.5) is 0 Å². The minimum absolute atomic E-state index is 0.00648. The molecular weight excluding hydrogens is 390 g/mol. The summed E-state index contributed by atoms with van der Waals surface area (Å²) in [6.07, 6.45) is 5.37. The van der Waals surface area contributed by atoms with Crippen LogP contribution in [0.15, 0.2) is 42.5 Å². The number of ether oxygens (including phenoxy) is 2. The zero-order valence-corrected chi connectivity index (χ0v) is 18.4. The second kappa shape index (κ2) is 10.3. The van der Waals surface area contributed by atoms with Crippen LogP contribution in [-0.4, -0.2) is 43.2 Å². The number of methoxy groups -OCH3 is 1. The molecule has 164 valence electrons. The van der Waals surface area contributed by atoms with E-state index in [-0.39, 0.29) is 11.5 Å². The van der Waals surface area contributed by atoms with Gasteiger partial charge in [0, 0.05) is 26.6 Å². The molecular formula is C25H31N3O3. The van der Waals surface area contributed by atoms with Gasteiger partial charge in [-0.2, -0.15) is 5.26 Å². The zero-order chi connectivity index (χ0) is 22.3. The first-order valence-corrected chi connectivity index (χ1v) is 10.8. The number of fused-ring (bicyclic) bond motifs is 1. The number of aryl methyl sites for hydroxylation is 1. The Labute approximate surface area is 184 Å². The number of hydrogen-bond donors (Lipinski definition) is 1. The third kappa shape index (κ3) is 6.22. The van der Waals surface area contributed by atoms with Gasteiger partial charge in [0.05, 0.1) is 18.7 Å². The Kier molecular flexibility index (Phi) is 7.54. The third-order valence-electron chi connectivity index (χ3n) is 6.01. The van der Waals surface area contributed by atoms with Crippen molar-refractivity contribution in [3.8, 4) is 17.6 Å². The highest BCUT2D eigenvalue weighted by Gasteiger charge is 2.39. The van der Waals surface area contributed by atoms with Crippen LogP contribution in [0.5, 0.6) is 11.5 Å². The van der Waals surface area contributed by atoms with Gasteiger partial charge in [0.2, 0.25) is 5.91 Å². The Morgan fingerprint density at radius 2 is 1.87 bits per heavy atom. The molecule has 0 bridgehead atoms. The molecule has 2 aromatic rings. The summed E-state index contributed by atoms with van der Waals surface area (Å²) in [7, 11) is 1.71. The number of carbonyl (C=O) groups is 1. The average molecular weight is 422 g/mol. The van der Waals surface area contributed by atoms with E-state index >= 15 is 0 Å². The molecule has 0 atom stereocenters. The van der Waals surface area contributed by atoms with Gasteiger partial charge in [0.1, 0.15) is 17.1 Å². The van der Waals surface area contributed by atoms with Gasteiger partial charge in [0.25, 0.3) is 0 Å². The van der Waals surface area contributed by atoms with Crippen LogP contribution in [0, 0.1) is 11.3 Å². The van der Waals surface area contributed by atoms with Crippen LogP contribution in [0.1, 0.15) is 42.9 Å². The monoisotopic (exact) mass is 421 g/mol. The van der Waals surface area contributed by atoms with Crippen molar-refractivity contribution in [3.63, 3.8) is 0 Å². The molecule has 2 N–H and O–H groups in total. The maximum atomic E-state index is 9.22. The number of amides is 1. The molecule has 0 aromatic heterocycles. The maximum absolute atomic E-state index is 9.22. The van der Waals surface area contributed by atoms with Crippen LogP contribution in [0.3, 0.4) is 0 Å². The fourth-order valence-corrected chi connectivity index (χ4v) is 4.19. The van der Waals surface area contributed by atoms with E-state index in [0.717, 1.165) is 68.8 Å². The minimum atomic E-state index is -0.333. The summed E-state index contributed by atoms with van der Waals surface area (Å²) in [5, 5.41) is 8.89. The summed E-state index contributed by atoms with van der Waals surface area (Å²) in [4.78, 5) is 11.8. The van der Waals surface area contributed by atoms with E-state index in [1.807, 2.05) is 18.2 Å². The molecule has 0 aliphatic carbocycles. The van der Waals surface area contributed by atoms with Gasteiger partial charge >= 0.3 is 0 Å². The molecule has 2 aliphatic rings. The lowest BCUT2D eigenvalue weighted by Crippen LogP contribution is -2.50. The molecule has 1 fully saturated rings. The fourth-order valence-electron chi connectivity index (χ4n) is 4.19. The van der Waals surface area contributed by atoms with Crippen molar-refractivity contribution in [1.82, 2.24) is 4.90 Å². The number of nitrogens with zero attached hydrogens (tertiary/aromatic N) is 2. The first kappa shape index (κ1) is 22.6. The SMILES string of the molecule is CC(N)=O.COc1ccc2c(c1)CCC1(CCN(CCc3ccc(C#N)cc3)CC1)O2. The lowest BCUT2D eigenvalue weighted by Gasteiger charge is -2.44. The predicted molar refractivity (Wildman–Crippen MR) is 120 cm³/mol. The smallest absolute Gasteiger partial charge is 0.214 e. The molecule has 2 heterocycles. The van der Waals surface area contributed by atoms with Gasteiger partial charge in [-0.05, 0) is 73.6 Å². The van der Waals surface area contributed by atoms with Crippen molar-refractivity contribution in [2.24, 2.45) is 5.73 Å². The Bertz CT molecular complexity index is 922. The van der Waals surface area contributed by atoms with Crippen LogP contribution >= 0.6 is 0 Å². The topological polar surface area (TPSA) is 88.6 Å². The zero-order valence-electron chi connectivity index (χ0n) is 18.4. The predicted octanol–water partition coefficient (Wildman–Crippen LogP) is 3.46. The van der Waals surface area contributed by atoms with Crippen LogP contribution in [0.25, 0.3) is 0 Å². The first-order valence-electron chi connectivity index (χ1n) is 10.8. The second-order valence-electron chi connectivity index (χ2n) is 8.27. The molecule has 1 saturated heterocycles. The molecule has 2 aliphatic heterocycles. The molecule has 0 unspecified atom stereocenters. The molecule has 4 rings (SSSR count). The standard InChI is InChI=1S/C23H26N2O2.C2H5NO/c1-26-21-6-7-22-20(16-21)8-10-23(27-22)11-14-25(15-12-23)13-9-18-2-4-19(17-24)5-3-18;1-2(3)4/h2-7,16H,8-15H2,1H3;1H3,(H2,3,4). The number of nitriles is 1. The summed E-state index contributed by atoms with van der Waals surface area (Å²) >= 11 is 0. The highest BCUT2D eigenvalue weighted by Crippen LogP contribution is 2.40. The summed E-state index contributed by atoms with van der Waals surface area (Å²) in [6, 6.07) is 16.3. The molecule has 0 saturated carbocycles. The van der Waals surface area contributed by atoms with Crippen molar-refractivity contribution in [2.75, 3.05) is 26.7 Å². The molecule has 0 radical (unpaired) electrons. The second-order valence-corrected chi connectivity index (χ2v) is 8.27. The Morgan fingerprint density at radius 1 is 1.19 bits per heavy atom. The van der Waals surface area contributed by atoms with E-state index in [9.17, 15) is 4.79 Å². The molecule has 1 spiro atoms. The van der Waals surface area contributed by atoms with E-state index in [1.54, 1.807) is 7.11 Å². The van der Waals surface area contributed by atoms with E-state index in [4.69, 9.17) is 14.7 Å². The highest BCUT2D eigenvalue weighted by molar-refractivity contribution is 5.70. The van der Waals surface area contributed by atoms with Gasteiger partial charge < -0.3 is 20.1 Å². The van der Waals surface area contributed by atoms with Crippen molar-refractivity contribution in [2.45, 2.75) is 44.6 Å². The first-order chi connectivity index (χ1) is 14.9. The number of piperidine rings is 1. The normalized spacial score (nSPS) is 16.8. The van der Waals surface area contributed by atoms with E-state index < -0.39 is 0 Å². The van der Waals surface area contributed by atoms with Crippen LogP contribution in [0.2, 0.25) is 0 Å². The van der Waals surface area contributed by atoms with Gasteiger partial charge in [-0.3, -0.25) is 4.79 Å². The Hall–Kier alpha value is -3.04.